The Morgan fingerprint density at radius 3 is 2.61 bits per heavy atom. The van der Waals surface area contributed by atoms with Gasteiger partial charge >= 0.3 is 18.2 Å². The molecule has 148 valence electrons. The highest BCUT2D eigenvalue weighted by atomic mass is 19.4. The molecule has 9 nitrogen and oxygen atoms in total. The van der Waals surface area contributed by atoms with Crippen LogP contribution in [0.4, 0.5) is 23.8 Å². The number of fused-ring (bicyclic) bond motifs is 1. The molecular formula is C16H14F3N5O4. The van der Waals surface area contributed by atoms with Gasteiger partial charge in [0.05, 0.1) is 5.52 Å². The number of nitrogens with zero attached hydrogens (tertiary/aromatic N) is 3. The van der Waals surface area contributed by atoms with Crippen molar-refractivity contribution in [2.24, 2.45) is 5.73 Å². The third-order valence-corrected chi connectivity index (χ3v) is 4.38. The maximum Gasteiger partial charge on any atom is 0.490 e. The van der Waals surface area contributed by atoms with Gasteiger partial charge in [0, 0.05) is 24.8 Å². The number of likely N-dealkylation sites (tertiary alicyclic amines) is 1. The van der Waals surface area contributed by atoms with E-state index in [0.717, 1.165) is 0 Å². The highest BCUT2D eigenvalue weighted by Gasteiger charge is 2.55. The van der Waals surface area contributed by atoms with E-state index in [1.807, 2.05) is 0 Å². The average Bonchev–Trinajstić information content (AvgIpc) is 2.91. The molecule has 1 aromatic carbocycles. The number of carbonyl (C=O) groups excluding carboxylic acids is 3. The molecule has 0 spiro atoms. The third-order valence-electron chi connectivity index (χ3n) is 4.38. The summed E-state index contributed by atoms with van der Waals surface area (Å²) in [4.78, 5) is 43.8. The van der Waals surface area contributed by atoms with E-state index in [1.165, 1.54) is 24.5 Å². The predicted octanol–water partition coefficient (Wildman–Crippen LogP) is 0.910. The number of aromatic nitrogens is 2. The quantitative estimate of drug-likeness (QED) is 0.733. The van der Waals surface area contributed by atoms with Gasteiger partial charge < -0.3 is 16.2 Å². The number of anilines is 1. The number of amides is 3. The molecule has 0 radical (unpaired) electrons. The lowest BCUT2D eigenvalue weighted by molar-refractivity contribution is -0.213. The first kappa shape index (κ1) is 19.3. The van der Waals surface area contributed by atoms with E-state index in [4.69, 9.17) is 11.5 Å². The zero-order valence-electron chi connectivity index (χ0n) is 14.2. The van der Waals surface area contributed by atoms with Crippen LogP contribution in [0.5, 0.6) is 0 Å². The van der Waals surface area contributed by atoms with Crippen LogP contribution >= 0.6 is 0 Å². The standard InChI is InChI=1S/C16H14F3N5O4/c17-16(18,19)13(26)28-15(3-4-24(12(15)25)14(21)27)6-8-1-2-10-9(5-8)11(20)23-7-22-10/h1-2,5,7H,3-4,6H2,(H2,21,27)(H2,20,22,23)/t15-/m1/s1. The summed E-state index contributed by atoms with van der Waals surface area (Å²) < 4.78 is 42.8. The Morgan fingerprint density at radius 1 is 1.29 bits per heavy atom. The molecule has 0 aliphatic carbocycles. The Bertz CT molecular complexity index is 980. The fourth-order valence-corrected chi connectivity index (χ4v) is 3.05. The number of primary amides is 1. The van der Waals surface area contributed by atoms with E-state index in [-0.39, 0.29) is 18.8 Å². The van der Waals surface area contributed by atoms with Crippen LogP contribution in [-0.2, 0) is 20.7 Å². The van der Waals surface area contributed by atoms with Gasteiger partial charge in [0.2, 0.25) is 0 Å². The lowest BCUT2D eigenvalue weighted by Gasteiger charge is -2.28. The summed E-state index contributed by atoms with van der Waals surface area (Å²) in [5.74, 6) is -3.52. The Kier molecular flexibility index (Phi) is 4.57. The highest BCUT2D eigenvalue weighted by Crippen LogP contribution is 2.34. The predicted molar refractivity (Wildman–Crippen MR) is 88.4 cm³/mol. The van der Waals surface area contributed by atoms with Crippen LogP contribution in [0.1, 0.15) is 12.0 Å². The highest BCUT2D eigenvalue weighted by molar-refractivity contribution is 6.01. The van der Waals surface area contributed by atoms with E-state index in [2.05, 4.69) is 14.7 Å². The average molecular weight is 397 g/mol. The van der Waals surface area contributed by atoms with Gasteiger partial charge in [-0.1, -0.05) is 6.07 Å². The summed E-state index contributed by atoms with van der Waals surface area (Å²) in [5.41, 5.74) is 9.45. The van der Waals surface area contributed by atoms with Crippen molar-refractivity contribution in [2.45, 2.75) is 24.6 Å². The van der Waals surface area contributed by atoms with Gasteiger partial charge in [0.15, 0.2) is 5.60 Å². The van der Waals surface area contributed by atoms with Crippen molar-refractivity contribution in [1.82, 2.24) is 14.9 Å². The second-order valence-corrected chi connectivity index (χ2v) is 6.21. The number of ether oxygens (including phenoxy) is 1. The number of hydrogen-bond acceptors (Lipinski definition) is 7. The second kappa shape index (κ2) is 6.62. The Labute approximate surface area is 155 Å². The maximum absolute atomic E-state index is 12.7. The van der Waals surface area contributed by atoms with Gasteiger partial charge in [0.1, 0.15) is 12.1 Å². The van der Waals surface area contributed by atoms with Crippen LogP contribution in [0.25, 0.3) is 10.9 Å². The monoisotopic (exact) mass is 397 g/mol. The number of nitrogen functional groups attached to an aromatic ring is 1. The second-order valence-electron chi connectivity index (χ2n) is 6.21. The summed E-state index contributed by atoms with van der Waals surface area (Å²) in [6.45, 7) is -0.280. The molecule has 1 aromatic heterocycles. The number of imide groups is 1. The molecule has 0 saturated carbocycles. The summed E-state index contributed by atoms with van der Waals surface area (Å²) >= 11 is 0. The third kappa shape index (κ3) is 3.40. The van der Waals surface area contributed by atoms with Crippen molar-refractivity contribution >= 4 is 34.6 Å². The normalized spacial score (nSPS) is 19.8. The number of alkyl halides is 3. The van der Waals surface area contributed by atoms with Crippen molar-refractivity contribution in [1.29, 1.82) is 0 Å². The Morgan fingerprint density at radius 2 is 2.00 bits per heavy atom. The molecule has 1 saturated heterocycles. The molecule has 2 heterocycles. The summed E-state index contributed by atoms with van der Waals surface area (Å²) in [7, 11) is 0. The van der Waals surface area contributed by atoms with Crippen molar-refractivity contribution in [3.8, 4) is 0 Å². The topological polar surface area (TPSA) is 142 Å². The van der Waals surface area contributed by atoms with E-state index in [0.29, 0.717) is 21.4 Å². The molecule has 3 rings (SSSR count). The van der Waals surface area contributed by atoms with Gasteiger partial charge in [-0.25, -0.2) is 19.6 Å². The molecule has 4 N–H and O–H groups in total. The van der Waals surface area contributed by atoms with E-state index >= 15 is 0 Å². The molecule has 1 aliphatic rings. The van der Waals surface area contributed by atoms with Gasteiger partial charge in [0.25, 0.3) is 5.91 Å². The largest absolute Gasteiger partial charge is 0.490 e. The molecule has 3 amide bonds. The van der Waals surface area contributed by atoms with Crippen molar-refractivity contribution in [3.05, 3.63) is 30.1 Å². The molecule has 0 bridgehead atoms. The minimum Gasteiger partial charge on any atom is -0.442 e. The van der Waals surface area contributed by atoms with Crippen LogP contribution in [0, 0.1) is 0 Å². The molecule has 1 fully saturated rings. The van der Waals surface area contributed by atoms with E-state index in [1.54, 1.807) is 0 Å². The smallest absolute Gasteiger partial charge is 0.442 e. The molecule has 0 unspecified atom stereocenters. The molecule has 12 heteroatoms. The fraction of sp³-hybridized carbons (Fsp3) is 0.312. The zero-order chi connectivity index (χ0) is 20.7. The van der Waals surface area contributed by atoms with Gasteiger partial charge in [-0.3, -0.25) is 9.69 Å². The first-order chi connectivity index (χ1) is 13.0. The first-order valence-electron chi connectivity index (χ1n) is 7.94. The summed E-state index contributed by atoms with van der Waals surface area (Å²) in [5, 5.41) is 0.412. The molecule has 2 aromatic rings. The number of hydrogen-bond donors (Lipinski definition) is 2. The van der Waals surface area contributed by atoms with Crippen LogP contribution in [-0.4, -0.2) is 51.1 Å². The van der Waals surface area contributed by atoms with E-state index in [9.17, 15) is 27.6 Å². The number of benzene rings is 1. The number of halogens is 3. The number of nitrogens with two attached hydrogens (primary N) is 2. The van der Waals surface area contributed by atoms with Crippen molar-refractivity contribution in [3.63, 3.8) is 0 Å². The van der Waals surface area contributed by atoms with Crippen LogP contribution in [0.2, 0.25) is 0 Å². The first-order valence-corrected chi connectivity index (χ1v) is 7.94. The lowest BCUT2D eigenvalue weighted by Crippen LogP contribution is -2.50. The Hall–Kier alpha value is -3.44. The van der Waals surface area contributed by atoms with Crippen molar-refractivity contribution < 1.29 is 32.3 Å². The van der Waals surface area contributed by atoms with E-state index < -0.39 is 36.1 Å². The van der Waals surface area contributed by atoms with Crippen LogP contribution in [0.15, 0.2) is 24.5 Å². The number of rotatable bonds is 3. The van der Waals surface area contributed by atoms with Gasteiger partial charge in [-0.15, -0.1) is 0 Å². The van der Waals surface area contributed by atoms with Crippen LogP contribution < -0.4 is 11.5 Å². The van der Waals surface area contributed by atoms with Gasteiger partial charge in [-0.05, 0) is 17.7 Å². The SMILES string of the molecule is NC(=O)N1CC[C@](Cc2ccc3ncnc(N)c3c2)(OC(=O)C(F)(F)F)C1=O. The minimum absolute atomic E-state index is 0.129. The minimum atomic E-state index is -5.31. The lowest BCUT2D eigenvalue weighted by atomic mass is 9.92. The van der Waals surface area contributed by atoms with Gasteiger partial charge in [-0.2, -0.15) is 13.2 Å². The molecular weight excluding hydrogens is 383 g/mol. The van der Waals surface area contributed by atoms with Crippen LogP contribution in [0.3, 0.4) is 0 Å². The number of carbonyl (C=O) groups is 3. The Balaban J connectivity index is 2.01. The van der Waals surface area contributed by atoms with Crippen molar-refractivity contribution in [2.75, 3.05) is 12.3 Å². The maximum atomic E-state index is 12.7. The summed E-state index contributed by atoms with van der Waals surface area (Å²) in [6.07, 6.45) is -4.82. The number of esters is 1. The molecule has 1 atom stereocenters. The summed E-state index contributed by atoms with van der Waals surface area (Å²) in [6, 6.07) is 3.37. The fourth-order valence-electron chi connectivity index (χ4n) is 3.05. The molecule has 1 aliphatic heterocycles. The zero-order valence-corrected chi connectivity index (χ0v) is 14.2. The molecule has 28 heavy (non-hydrogen) atoms. The number of urea groups is 1.